The number of para-hydroxylation sites is 2. The molecule has 5 rings (SSSR count). The van der Waals surface area contributed by atoms with Crippen LogP contribution >= 0.6 is 0 Å². The number of aromatic amines is 1. The molecule has 0 aliphatic carbocycles. The van der Waals surface area contributed by atoms with Gasteiger partial charge in [0.1, 0.15) is 5.82 Å². The largest absolute Gasteiger partial charge is 0.338 e. The van der Waals surface area contributed by atoms with E-state index in [0.717, 1.165) is 28.0 Å². The number of nitrogens with one attached hydrogen (secondary N) is 2. The monoisotopic (exact) mass is 524 g/mol. The molecule has 192 valence electrons. The van der Waals surface area contributed by atoms with Gasteiger partial charge in [-0.05, 0) is 80.1 Å². The fraction of sp³-hybridized carbons (Fsp3) is 0.133. The van der Waals surface area contributed by atoms with Crippen molar-refractivity contribution in [3.05, 3.63) is 114 Å². The van der Waals surface area contributed by atoms with E-state index >= 15 is 0 Å². The molecule has 0 saturated heterocycles. The second-order valence-corrected chi connectivity index (χ2v) is 11.2. The number of imidazole rings is 1. The Hall–Kier alpha value is -4.27. The number of sulfonamides is 1. The summed E-state index contributed by atoms with van der Waals surface area (Å²) < 4.78 is 28.2. The van der Waals surface area contributed by atoms with Gasteiger partial charge in [-0.25, -0.2) is 13.4 Å². The van der Waals surface area contributed by atoms with Gasteiger partial charge in [0.15, 0.2) is 0 Å². The van der Waals surface area contributed by atoms with Gasteiger partial charge in [0.25, 0.3) is 5.91 Å². The maximum atomic E-state index is 13.4. The number of anilines is 1. The lowest BCUT2D eigenvalue weighted by atomic mass is 10.1. The highest BCUT2D eigenvalue weighted by atomic mass is 32.2. The summed E-state index contributed by atoms with van der Waals surface area (Å²) in [4.78, 5) is 20.9. The normalized spacial score (nSPS) is 11.8. The van der Waals surface area contributed by atoms with Crippen LogP contribution < -0.4 is 5.32 Å². The molecule has 0 spiro atoms. The van der Waals surface area contributed by atoms with Crippen molar-refractivity contribution < 1.29 is 13.2 Å². The first-order valence-electron chi connectivity index (χ1n) is 12.3. The Morgan fingerprint density at radius 2 is 1.53 bits per heavy atom. The SMILES string of the molecule is CC(C)N(Cc1ccccc1)S(=O)(=O)c1ccc(C(=O)Nc2ccc(-c3nc4ccccc4[nH]3)cc2)cc1. The Morgan fingerprint density at radius 1 is 0.868 bits per heavy atom. The highest BCUT2D eigenvalue weighted by Gasteiger charge is 2.27. The topological polar surface area (TPSA) is 95.2 Å². The highest BCUT2D eigenvalue weighted by molar-refractivity contribution is 7.89. The van der Waals surface area contributed by atoms with Crippen LogP contribution in [0.25, 0.3) is 22.4 Å². The molecule has 5 aromatic rings. The van der Waals surface area contributed by atoms with Crippen LogP contribution in [-0.2, 0) is 16.6 Å². The van der Waals surface area contributed by atoms with E-state index in [1.165, 1.54) is 28.6 Å². The second-order valence-electron chi connectivity index (χ2n) is 9.29. The zero-order valence-electron chi connectivity index (χ0n) is 21.1. The lowest BCUT2D eigenvalue weighted by Crippen LogP contribution is -2.36. The molecule has 7 nitrogen and oxygen atoms in total. The molecular weight excluding hydrogens is 496 g/mol. The van der Waals surface area contributed by atoms with Crippen molar-refractivity contribution in [2.45, 2.75) is 31.3 Å². The predicted octanol–water partition coefficient (Wildman–Crippen LogP) is 6.08. The van der Waals surface area contributed by atoms with Crippen LogP contribution in [-0.4, -0.2) is 34.6 Å². The standard InChI is InChI=1S/C30H28N4O3S/c1-21(2)34(20-22-8-4-3-5-9-22)38(36,37)26-18-14-24(15-19-26)30(35)31-25-16-12-23(13-17-25)29-32-27-10-6-7-11-28(27)33-29/h3-19,21H,20H2,1-2H3,(H,31,35)(H,32,33). The van der Waals surface area contributed by atoms with Crippen molar-refractivity contribution in [1.29, 1.82) is 0 Å². The summed E-state index contributed by atoms with van der Waals surface area (Å²) >= 11 is 0. The summed E-state index contributed by atoms with van der Waals surface area (Å²) in [5.74, 6) is 0.430. The van der Waals surface area contributed by atoms with Gasteiger partial charge < -0.3 is 10.3 Å². The van der Waals surface area contributed by atoms with Crippen LogP contribution in [0.5, 0.6) is 0 Å². The van der Waals surface area contributed by atoms with Gasteiger partial charge in [0.05, 0.1) is 15.9 Å². The van der Waals surface area contributed by atoms with E-state index in [4.69, 9.17) is 0 Å². The zero-order chi connectivity index (χ0) is 26.7. The molecule has 1 amide bonds. The second kappa shape index (κ2) is 10.6. The summed E-state index contributed by atoms with van der Waals surface area (Å²) in [7, 11) is -3.75. The van der Waals surface area contributed by atoms with Crippen molar-refractivity contribution in [3.63, 3.8) is 0 Å². The predicted molar refractivity (Wildman–Crippen MR) is 150 cm³/mol. The molecular formula is C30H28N4O3S. The van der Waals surface area contributed by atoms with Crippen LogP contribution in [0.2, 0.25) is 0 Å². The number of aromatic nitrogens is 2. The zero-order valence-corrected chi connectivity index (χ0v) is 21.9. The van der Waals surface area contributed by atoms with Gasteiger partial charge in [0.2, 0.25) is 10.0 Å². The Labute approximate surface area is 222 Å². The number of carbonyl (C=O) groups excluding carboxylic acids is 1. The number of hydrogen-bond donors (Lipinski definition) is 2. The smallest absolute Gasteiger partial charge is 0.255 e. The molecule has 38 heavy (non-hydrogen) atoms. The van der Waals surface area contributed by atoms with Gasteiger partial charge in [-0.15, -0.1) is 0 Å². The Bertz CT molecular complexity index is 1630. The molecule has 1 heterocycles. The molecule has 0 atom stereocenters. The summed E-state index contributed by atoms with van der Waals surface area (Å²) in [6, 6.07) is 30.5. The molecule has 8 heteroatoms. The fourth-order valence-electron chi connectivity index (χ4n) is 4.23. The Morgan fingerprint density at radius 3 is 2.18 bits per heavy atom. The Balaban J connectivity index is 1.28. The minimum atomic E-state index is -3.75. The van der Waals surface area contributed by atoms with Crippen molar-refractivity contribution in [2.24, 2.45) is 0 Å². The molecule has 2 N–H and O–H groups in total. The number of carbonyl (C=O) groups is 1. The van der Waals surface area contributed by atoms with Crippen LogP contribution in [0.1, 0.15) is 29.8 Å². The highest BCUT2D eigenvalue weighted by Crippen LogP contribution is 2.24. The lowest BCUT2D eigenvalue weighted by Gasteiger charge is -2.26. The number of hydrogen-bond acceptors (Lipinski definition) is 4. The van der Waals surface area contributed by atoms with E-state index in [0.29, 0.717) is 11.3 Å². The van der Waals surface area contributed by atoms with E-state index < -0.39 is 10.0 Å². The quantitative estimate of drug-likeness (QED) is 0.257. The fourth-order valence-corrected chi connectivity index (χ4v) is 5.85. The molecule has 0 unspecified atom stereocenters. The van der Waals surface area contributed by atoms with Crippen LogP contribution in [0, 0.1) is 0 Å². The average Bonchev–Trinajstić information content (AvgIpc) is 3.37. The summed E-state index contributed by atoms with van der Waals surface area (Å²) in [6.45, 7) is 3.97. The molecule has 0 bridgehead atoms. The molecule has 0 radical (unpaired) electrons. The first-order valence-corrected chi connectivity index (χ1v) is 13.8. The first kappa shape index (κ1) is 25.4. The third-order valence-electron chi connectivity index (χ3n) is 6.29. The molecule has 0 aliphatic rings. The molecule has 0 aliphatic heterocycles. The average molecular weight is 525 g/mol. The maximum absolute atomic E-state index is 13.4. The van der Waals surface area contributed by atoms with Gasteiger partial charge in [-0.3, -0.25) is 4.79 Å². The van der Waals surface area contributed by atoms with Gasteiger partial charge in [-0.2, -0.15) is 4.31 Å². The number of rotatable bonds is 8. The molecule has 0 saturated carbocycles. The van der Waals surface area contributed by atoms with Crippen LogP contribution in [0.3, 0.4) is 0 Å². The van der Waals surface area contributed by atoms with E-state index in [9.17, 15) is 13.2 Å². The minimum Gasteiger partial charge on any atom is -0.338 e. The summed E-state index contributed by atoms with van der Waals surface area (Å²) in [5.41, 5.74) is 4.65. The van der Waals surface area contributed by atoms with Crippen molar-refractivity contribution in [3.8, 4) is 11.4 Å². The molecule has 1 aromatic heterocycles. The third kappa shape index (κ3) is 5.37. The van der Waals surface area contributed by atoms with Crippen molar-refractivity contribution in [2.75, 3.05) is 5.32 Å². The lowest BCUT2D eigenvalue weighted by molar-refractivity contribution is 0.102. The van der Waals surface area contributed by atoms with E-state index in [-0.39, 0.29) is 23.4 Å². The number of H-pyrrole nitrogens is 1. The number of benzene rings is 4. The van der Waals surface area contributed by atoms with E-state index in [1.54, 1.807) is 0 Å². The summed E-state index contributed by atoms with van der Waals surface area (Å²) in [6.07, 6.45) is 0. The Kier molecular flexibility index (Phi) is 7.09. The first-order chi connectivity index (χ1) is 18.3. The van der Waals surface area contributed by atoms with Gasteiger partial charge in [-0.1, -0.05) is 42.5 Å². The number of fused-ring (bicyclic) bond motifs is 1. The number of amides is 1. The van der Waals surface area contributed by atoms with Crippen molar-refractivity contribution in [1.82, 2.24) is 14.3 Å². The van der Waals surface area contributed by atoms with E-state index in [1.807, 2.05) is 92.7 Å². The molecule has 0 fully saturated rings. The molecule has 4 aromatic carbocycles. The van der Waals surface area contributed by atoms with Crippen molar-refractivity contribution >= 4 is 32.7 Å². The van der Waals surface area contributed by atoms with Gasteiger partial charge >= 0.3 is 0 Å². The third-order valence-corrected chi connectivity index (χ3v) is 8.32. The maximum Gasteiger partial charge on any atom is 0.255 e. The van der Waals surface area contributed by atoms with E-state index in [2.05, 4.69) is 15.3 Å². The minimum absolute atomic E-state index is 0.147. The van der Waals surface area contributed by atoms with Gasteiger partial charge in [0, 0.05) is 29.4 Å². The number of nitrogens with zero attached hydrogens (tertiary/aromatic N) is 2. The van der Waals surface area contributed by atoms with Crippen LogP contribution in [0.4, 0.5) is 5.69 Å². The summed E-state index contributed by atoms with van der Waals surface area (Å²) in [5, 5.41) is 2.87. The van der Waals surface area contributed by atoms with Crippen LogP contribution in [0.15, 0.2) is 108 Å².